The van der Waals surface area contributed by atoms with Gasteiger partial charge in [0.2, 0.25) is 0 Å². The minimum atomic E-state index is 0.902. The van der Waals surface area contributed by atoms with Gasteiger partial charge in [0.05, 0.1) is 0 Å². The molecule has 65 valence electrons. The third kappa shape index (κ3) is 2.00. The number of rotatable bonds is 2. The van der Waals surface area contributed by atoms with Crippen molar-refractivity contribution in [2.75, 3.05) is 0 Å². The first kappa shape index (κ1) is 8.11. The van der Waals surface area contributed by atoms with E-state index in [1.165, 1.54) is 5.57 Å². The van der Waals surface area contributed by atoms with Crippen LogP contribution in [0.5, 0.6) is 0 Å². The van der Waals surface area contributed by atoms with E-state index >= 15 is 0 Å². The lowest BCUT2D eigenvalue weighted by atomic mass is 10.2. The van der Waals surface area contributed by atoms with Gasteiger partial charge in [0.25, 0.3) is 0 Å². The van der Waals surface area contributed by atoms with Gasteiger partial charge in [-0.1, -0.05) is 24.3 Å². The van der Waals surface area contributed by atoms with E-state index in [4.69, 9.17) is 4.42 Å². The predicted octanol–water partition coefficient (Wildman–Crippen LogP) is 3.30. The number of aryl methyl sites for hydroxylation is 1. The quantitative estimate of drug-likeness (QED) is 0.665. The van der Waals surface area contributed by atoms with Crippen LogP contribution in [0.2, 0.25) is 0 Å². The van der Waals surface area contributed by atoms with Crippen molar-refractivity contribution in [1.29, 1.82) is 0 Å². The van der Waals surface area contributed by atoms with Gasteiger partial charge in [-0.15, -0.1) is 0 Å². The molecule has 0 spiro atoms. The van der Waals surface area contributed by atoms with E-state index in [-0.39, 0.29) is 0 Å². The van der Waals surface area contributed by atoms with Crippen molar-refractivity contribution in [3.63, 3.8) is 0 Å². The molecular weight excluding hydrogens is 160 g/mol. The van der Waals surface area contributed by atoms with Gasteiger partial charge in [0.15, 0.2) is 0 Å². The lowest BCUT2D eigenvalue weighted by molar-refractivity contribution is 0.525. The fraction of sp³-hybridized carbons (Fsp3) is 0.0833. The summed E-state index contributed by atoms with van der Waals surface area (Å²) in [5.41, 5.74) is 1.20. The van der Waals surface area contributed by atoms with Crippen LogP contribution in [0.15, 0.2) is 46.4 Å². The van der Waals surface area contributed by atoms with Gasteiger partial charge in [0, 0.05) is 6.42 Å². The molecule has 1 aromatic rings. The summed E-state index contributed by atoms with van der Waals surface area (Å²) in [6, 6.07) is 3.93. The fourth-order valence-corrected chi connectivity index (χ4v) is 1.22. The molecule has 0 aromatic carbocycles. The van der Waals surface area contributed by atoms with Crippen LogP contribution in [0.25, 0.3) is 6.08 Å². The third-order valence-electron chi connectivity index (χ3n) is 1.89. The molecule has 1 aliphatic carbocycles. The molecule has 1 heteroatoms. The van der Waals surface area contributed by atoms with Crippen LogP contribution >= 0.6 is 0 Å². The number of hydrogen-bond acceptors (Lipinski definition) is 1. The van der Waals surface area contributed by atoms with E-state index < -0.39 is 0 Å². The smallest absolute Gasteiger partial charge is 0.127 e. The first-order valence-electron chi connectivity index (χ1n) is 4.31. The Balaban J connectivity index is 2.09. The van der Waals surface area contributed by atoms with Crippen molar-refractivity contribution in [1.82, 2.24) is 0 Å². The van der Waals surface area contributed by atoms with Crippen LogP contribution in [0.3, 0.4) is 0 Å². The summed E-state index contributed by atoms with van der Waals surface area (Å²) in [6.45, 7) is 1.94. The second-order valence-electron chi connectivity index (χ2n) is 3.00. The van der Waals surface area contributed by atoms with Gasteiger partial charge in [-0.05, 0) is 30.7 Å². The molecule has 0 atom stereocenters. The minimum Gasteiger partial charge on any atom is -0.462 e. The molecule has 1 nitrogen and oxygen atoms in total. The van der Waals surface area contributed by atoms with Gasteiger partial charge in [0.1, 0.15) is 11.5 Å². The van der Waals surface area contributed by atoms with E-state index in [1.54, 1.807) is 0 Å². The Morgan fingerprint density at radius 2 is 2.15 bits per heavy atom. The summed E-state index contributed by atoms with van der Waals surface area (Å²) in [7, 11) is 0. The van der Waals surface area contributed by atoms with Gasteiger partial charge >= 0.3 is 0 Å². The van der Waals surface area contributed by atoms with E-state index in [0.717, 1.165) is 11.5 Å². The van der Waals surface area contributed by atoms with Gasteiger partial charge < -0.3 is 4.42 Å². The van der Waals surface area contributed by atoms with Crippen molar-refractivity contribution in [2.45, 2.75) is 6.92 Å². The van der Waals surface area contributed by atoms with Gasteiger partial charge in [-0.25, -0.2) is 0 Å². The maximum Gasteiger partial charge on any atom is 0.127 e. The zero-order valence-corrected chi connectivity index (χ0v) is 7.53. The molecule has 2 rings (SSSR count). The molecule has 1 aromatic heterocycles. The Morgan fingerprint density at radius 1 is 1.23 bits per heavy atom. The van der Waals surface area contributed by atoms with Crippen LogP contribution in [0.1, 0.15) is 11.5 Å². The van der Waals surface area contributed by atoms with Gasteiger partial charge in [-0.3, -0.25) is 0 Å². The highest BCUT2D eigenvalue weighted by Gasteiger charge is 1.94. The molecule has 0 bridgehead atoms. The molecule has 0 saturated carbocycles. The maximum atomic E-state index is 5.39. The van der Waals surface area contributed by atoms with Crippen LogP contribution in [0, 0.1) is 13.3 Å². The summed E-state index contributed by atoms with van der Waals surface area (Å²) in [4.78, 5) is 0. The van der Waals surface area contributed by atoms with E-state index in [2.05, 4.69) is 12.2 Å². The molecule has 1 heterocycles. The van der Waals surface area contributed by atoms with Crippen molar-refractivity contribution in [2.24, 2.45) is 0 Å². The van der Waals surface area contributed by atoms with E-state index in [0.29, 0.717) is 0 Å². The number of allylic oxidation sites excluding steroid dienone is 5. The lowest BCUT2D eigenvalue weighted by Crippen LogP contribution is -1.65. The summed E-state index contributed by atoms with van der Waals surface area (Å²) >= 11 is 0. The Kier molecular flexibility index (Phi) is 2.17. The van der Waals surface area contributed by atoms with Crippen LogP contribution in [-0.4, -0.2) is 0 Å². The van der Waals surface area contributed by atoms with Crippen molar-refractivity contribution in [3.05, 3.63) is 60.0 Å². The molecule has 0 aliphatic heterocycles. The number of hydrogen-bond donors (Lipinski definition) is 0. The minimum absolute atomic E-state index is 0.902. The van der Waals surface area contributed by atoms with Crippen molar-refractivity contribution in [3.8, 4) is 0 Å². The molecule has 0 saturated heterocycles. The highest BCUT2D eigenvalue weighted by atomic mass is 16.3. The molecule has 0 N–H and O–H groups in total. The van der Waals surface area contributed by atoms with E-state index in [1.807, 2.05) is 43.7 Å². The van der Waals surface area contributed by atoms with Crippen molar-refractivity contribution >= 4 is 6.08 Å². The van der Waals surface area contributed by atoms with Crippen LogP contribution < -0.4 is 0 Å². The molecule has 1 aliphatic rings. The lowest BCUT2D eigenvalue weighted by Gasteiger charge is -1.86. The topological polar surface area (TPSA) is 13.1 Å². The number of furan rings is 1. The molecule has 13 heavy (non-hydrogen) atoms. The van der Waals surface area contributed by atoms with Crippen LogP contribution in [0.4, 0.5) is 0 Å². The summed E-state index contributed by atoms with van der Waals surface area (Å²) in [5.74, 6) is 1.85. The molecule has 1 radical (unpaired) electrons. The second-order valence-corrected chi connectivity index (χ2v) is 3.00. The zero-order valence-electron chi connectivity index (χ0n) is 7.53. The molecular formula is C12H11O. The summed E-state index contributed by atoms with van der Waals surface area (Å²) in [6.07, 6.45) is 12.2. The second kappa shape index (κ2) is 3.48. The Morgan fingerprint density at radius 3 is 2.77 bits per heavy atom. The Bertz CT molecular complexity index is 378. The molecule has 0 amide bonds. The van der Waals surface area contributed by atoms with Crippen LogP contribution in [-0.2, 0) is 0 Å². The third-order valence-corrected chi connectivity index (χ3v) is 1.89. The normalized spacial score (nSPS) is 15.6. The molecule has 0 unspecified atom stereocenters. The summed E-state index contributed by atoms with van der Waals surface area (Å²) < 4.78 is 5.39. The monoisotopic (exact) mass is 171 g/mol. The standard InChI is InChI=1S/C12H11O/c1-10-6-8-12(13-10)9-7-11-4-2-3-5-11/h2-9H,1H3/b9-7+. The first-order valence-corrected chi connectivity index (χ1v) is 4.31. The first-order chi connectivity index (χ1) is 6.34. The van der Waals surface area contributed by atoms with Crippen molar-refractivity contribution < 1.29 is 4.42 Å². The summed E-state index contributed by atoms with van der Waals surface area (Å²) in [5, 5.41) is 0. The largest absolute Gasteiger partial charge is 0.462 e. The predicted molar refractivity (Wildman–Crippen MR) is 54.0 cm³/mol. The Hall–Kier alpha value is -1.50. The maximum absolute atomic E-state index is 5.39. The SMILES string of the molecule is Cc1ccc(/C=C/C2=C[CH]C=C2)o1. The average Bonchev–Trinajstić information content (AvgIpc) is 2.71. The fourth-order valence-electron chi connectivity index (χ4n) is 1.22. The average molecular weight is 171 g/mol. The van der Waals surface area contributed by atoms with E-state index in [9.17, 15) is 0 Å². The van der Waals surface area contributed by atoms with Gasteiger partial charge in [-0.2, -0.15) is 0 Å². The highest BCUT2D eigenvalue weighted by Crippen LogP contribution is 2.13. The zero-order chi connectivity index (χ0) is 9.10. The molecule has 0 fully saturated rings. The Labute approximate surface area is 78.1 Å². The highest BCUT2D eigenvalue weighted by molar-refractivity contribution is 5.53.